The van der Waals surface area contributed by atoms with E-state index in [0.29, 0.717) is 29.7 Å². The third-order valence-electron chi connectivity index (χ3n) is 4.12. The number of methoxy groups -OCH3 is 1. The Balaban J connectivity index is 0.00000208. The summed E-state index contributed by atoms with van der Waals surface area (Å²) in [7, 11) is 1.60. The van der Waals surface area contributed by atoms with E-state index < -0.39 is 5.60 Å². The Morgan fingerprint density at radius 1 is 1.46 bits per heavy atom. The van der Waals surface area contributed by atoms with Gasteiger partial charge < -0.3 is 18.8 Å². The van der Waals surface area contributed by atoms with Crippen molar-refractivity contribution in [2.24, 2.45) is 0 Å². The predicted molar refractivity (Wildman–Crippen MR) is 95.5 cm³/mol. The SMILES string of the molecule is COc1ccc(OCC2(C(C)n3ccnc3)C=CCO2)c(Cl)c1.Cl. The summed E-state index contributed by atoms with van der Waals surface area (Å²) >= 11 is 6.24. The van der Waals surface area contributed by atoms with Gasteiger partial charge in [-0.05, 0) is 25.1 Å². The molecule has 1 aliphatic heterocycles. The fraction of sp³-hybridized carbons (Fsp3) is 0.353. The van der Waals surface area contributed by atoms with Gasteiger partial charge in [-0.15, -0.1) is 12.4 Å². The summed E-state index contributed by atoms with van der Waals surface area (Å²) in [4.78, 5) is 4.10. The van der Waals surface area contributed by atoms with Gasteiger partial charge in [0.2, 0.25) is 0 Å². The molecule has 1 aromatic heterocycles. The van der Waals surface area contributed by atoms with Crippen molar-refractivity contribution in [3.05, 3.63) is 54.1 Å². The highest BCUT2D eigenvalue weighted by atomic mass is 35.5. The molecular formula is C17H20Cl2N2O3. The fourth-order valence-corrected chi connectivity index (χ4v) is 2.86. The molecule has 2 aromatic rings. The lowest BCUT2D eigenvalue weighted by molar-refractivity contribution is -0.0423. The van der Waals surface area contributed by atoms with Gasteiger partial charge in [0.25, 0.3) is 0 Å². The molecule has 3 rings (SSSR count). The highest BCUT2D eigenvalue weighted by Crippen LogP contribution is 2.35. The van der Waals surface area contributed by atoms with Crippen molar-refractivity contribution in [2.75, 3.05) is 20.3 Å². The molecule has 0 saturated heterocycles. The standard InChI is InChI=1S/C17H19ClN2O3.ClH/c1-13(20-8-7-19-12-20)17(6-3-9-23-17)11-22-16-5-4-14(21-2)10-15(16)18;/h3-8,10,12-13H,9,11H2,1-2H3;1H. The van der Waals surface area contributed by atoms with Crippen LogP contribution in [0.3, 0.4) is 0 Å². The molecule has 7 heteroatoms. The molecule has 0 radical (unpaired) electrons. The van der Waals surface area contributed by atoms with Gasteiger partial charge in [-0.2, -0.15) is 0 Å². The topological polar surface area (TPSA) is 45.5 Å². The number of hydrogen-bond donors (Lipinski definition) is 0. The van der Waals surface area contributed by atoms with E-state index in [1.165, 1.54) is 0 Å². The zero-order chi connectivity index (χ0) is 16.3. The van der Waals surface area contributed by atoms with Crippen LogP contribution in [0.4, 0.5) is 0 Å². The first-order valence-electron chi connectivity index (χ1n) is 7.40. The number of nitrogens with zero attached hydrogens (tertiary/aromatic N) is 2. The third kappa shape index (κ3) is 3.69. The molecule has 0 aliphatic carbocycles. The zero-order valence-electron chi connectivity index (χ0n) is 13.5. The quantitative estimate of drug-likeness (QED) is 0.722. The summed E-state index contributed by atoms with van der Waals surface area (Å²) in [5, 5.41) is 0.511. The van der Waals surface area contributed by atoms with Crippen molar-refractivity contribution in [3.8, 4) is 11.5 Å². The Hall–Kier alpha value is -1.69. The molecule has 0 bridgehead atoms. The van der Waals surface area contributed by atoms with Gasteiger partial charge in [0.1, 0.15) is 23.7 Å². The minimum atomic E-state index is -0.552. The lowest BCUT2D eigenvalue weighted by Crippen LogP contribution is -2.42. The maximum Gasteiger partial charge on any atom is 0.141 e. The van der Waals surface area contributed by atoms with Crippen LogP contribution in [0.1, 0.15) is 13.0 Å². The second-order valence-corrected chi connectivity index (χ2v) is 5.85. The molecule has 0 amide bonds. The van der Waals surface area contributed by atoms with Crippen LogP contribution in [0.5, 0.6) is 11.5 Å². The smallest absolute Gasteiger partial charge is 0.141 e. The van der Waals surface area contributed by atoms with Crippen LogP contribution < -0.4 is 9.47 Å². The van der Waals surface area contributed by atoms with Crippen LogP contribution in [0.2, 0.25) is 5.02 Å². The fourth-order valence-electron chi connectivity index (χ4n) is 2.64. The molecule has 0 fully saturated rings. The minimum absolute atomic E-state index is 0. The minimum Gasteiger partial charge on any atom is -0.497 e. The monoisotopic (exact) mass is 370 g/mol. The van der Waals surface area contributed by atoms with E-state index >= 15 is 0 Å². The Bertz CT molecular complexity index is 691. The van der Waals surface area contributed by atoms with Crippen LogP contribution in [0.15, 0.2) is 49.1 Å². The van der Waals surface area contributed by atoms with Crippen molar-refractivity contribution in [3.63, 3.8) is 0 Å². The van der Waals surface area contributed by atoms with Crippen molar-refractivity contribution in [2.45, 2.75) is 18.6 Å². The number of aromatic nitrogens is 2. The van der Waals surface area contributed by atoms with E-state index in [1.807, 2.05) is 22.9 Å². The highest BCUT2D eigenvalue weighted by molar-refractivity contribution is 6.32. The molecule has 2 heterocycles. The molecule has 130 valence electrons. The lowest BCUT2D eigenvalue weighted by atomic mass is 9.96. The molecular weight excluding hydrogens is 351 g/mol. The molecule has 0 saturated carbocycles. The van der Waals surface area contributed by atoms with Gasteiger partial charge in [0, 0.05) is 18.5 Å². The maximum absolute atomic E-state index is 6.24. The van der Waals surface area contributed by atoms with Crippen LogP contribution in [0, 0.1) is 0 Å². The van der Waals surface area contributed by atoms with Gasteiger partial charge in [-0.25, -0.2) is 4.98 Å². The molecule has 5 nitrogen and oxygen atoms in total. The van der Waals surface area contributed by atoms with Crippen molar-refractivity contribution in [1.82, 2.24) is 9.55 Å². The highest BCUT2D eigenvalue weighted by Gasteiger charge is 2.39. The van der Waals surface area contributed by atoms with E-state index in [4.69, 9.17) is 25.8 Å². The molecule has 24 heavy (non-hydrogen) atoms. The normalized spacial score (nSPS) is 20.5. The van der Waals surface area contributed by atoms with Gasteiger partial charge in [0.05, 0.1) is 31.1 Å². The molecule has 0 spiro atoms. The summed E-state index contributed by atoms with van der Waals surface area (Å²) in [6.45, 7) is 3.00. The first-order valence-corrected chi connectivity index (χ1v) is 7.78. The van der Waals surface area contributed by atoms with Gasteiger partial charge in [-0.1, -0.05) is 17.7 Å². The number of rotatable bonds is 6. The summed E-state index contributed by atoms with van der Waals surface area (Å²) in [5.41, 5.74) is -0.552. The Morgan fingerprint density at radius 3 is 2.88 bits per heavy atom. The Kier molecular flexibility index (Phi) is 6.15. The van der Waals surface area contributed by atoms with E-state index in [1.54, 1.807) is 31.8 Å². The van der Waals surface area contributed by atoms with Crippen LogP contribution in [0.25, 0.3) is 0 Å². The van der Waals surface area contributed by atoms with Gasteiger partial charge in [-0.3, -0.25) is 0 Å². The second kappa shape index (κ2) is 7.92. The lowest BCUT2D eigenvalue weighted by Gasteiger charge is -2.34. The molecule has 1 aromatic carbocycles. The molecule has 2 atom stereocenters. The Morgan fingerprint density at radius 2 is 2.29 bits per heavy atom. The molecule has 2 unspecified atom stereocenters. The van der Waals surface area contributed by atoms with Crippen molar-refractivity contribution in [1.29, 1.82) is 0 Å². The van der Waals surface area contributed by atoms with E-state index in [2.05, 4.69) is 18.0 Å². The average molecular weight is 371 g/mol. The van der Waals surface area contributed by atoms with Gasteiger partial charge in [0.15, 0.2) is 0 Å². The summed E-state index contributed by atoms with van der Waals surface area (Å²) < 4.78 is 19.1. The number of halogens is 2. The predicted octanol–water partition coefficient (Wildman–Crippen LogP) is 3.93. The summed E-state index contributed by atoms with van der Waals surface area (Å²) in [5.74, 6) is 1.30. The average Bonchev–Trinajstić information content (AvgIpc) is 3.25. The summed E-state index contributed by atoms with van der Waals surface area (Å²) in [6.07, 6.45) is 9.51. The van der Waals surface area contributed by atoms with Crippen molar-refractivity contribution >= 4 is 24.0 Å². The molecule has 1 aliphatic rings. The van der Waals surface area contributed by atoms with Crippen LogP contribution >= 0.6 is 24.0 Å². The number of hydrogen-bond acceptors (Lipinski definition) is 4. The third-order valence-corrected chi connectivity index (χ3v) is 4.42. The first-order chi connectivity index (χ1) is 11.1. The van der Waals surface area contributed by atoms with Crippen LogP contribution in [-0.4, -0.2) is 35.5 Å². The number of imidazole rings is 1. The van der Waals surface area contributed by atoms with Crippen molar-refractivity contribution < 1.29 is 14.2 Å². The first kappa shape index (κ1) is 18.6. The molecule has 0 N–H and O–H groups in total. The van der Waals surface area contributed by atoms with Crippen LogP contribution in [-0.2, 0) is 4.74 Å². The number of benzene rings is 1. The van der Waals surface area contributed by atoms with E-state index in [-0.39, 0.29) is 18.4 Å². The zero-order valence-corrected chi connectivity index (χ0v) is 15.1. The van der Waals surface area contributed by atoms with Gasteiger partial charge >= 0.3 is 0 Å². The van der Waals surface area contributed by atoms with E-state index in [9.17, 15) is 0 Å². The second-order valence-electron chi connectivity index (χ2n) is 5.44. The largest absolute Gasteiger partial charge is 0.497 e. The summed E-state index contributed by atoms with van der Waals surface area (Å²) in [6, 6.07) is 5.39. The Labute approximate surface area is 152 Å². The number of ether oxygens (including phenoxy) is 3. The maximum atomic E-state index is 6.24. The van der Waals surface area contributed by atoms with E-state index in [0.717, 1.165) is 0 Å².